The zero-order valence-electron chi connectivity index (χ0n) is 14.0. The van der Waals surface area contributed by atoms with Crippen molar-refractivity contribution in [2.75, 3.05) is 33.3 Å². The molecule has 0 amide bonds. The lowest BCUT2D eigenvalue weighted by atomic mass is 10.1. The second-order valence-electron chi connectivity index (χ2n) is 5.76. The van der Waals surface area contributed by atoms with Gasteiger partial charge in [0.1, 0.15) is 12.4 Å². The number of ether oxygens (including phenoxy) is 1. The van der Waals surface area contributed by atoms with Crippen molar-refractivity contribution in [2.45, 2.75) is 26.3 Å². The van der Waals surface area contributed by atoms with Gasteiger partial charge in [-0.1, -0.05) is 18.2 Å². The predicted octanol–water partition coefficient (Wildman–Crippen LogP) is 2.24. The molecule has 0 bridgehead atoms. The number of guanidine groups is 1. The van der Waals surface area contributed by atoms with E-state index in [9.17, 15) is 0 Å². The van der Waals surface area contributed by atoms with Crippen molar-refractivity contribution < 1.29 is 4.74 Å². The van der Waals surface area contributed by atoms with Gasteiger partial charge in [0.05, 0.1) is 6.54 Å². The van der Waals surface area contributed by atoms with Crippen LogP contribution in [0.2, 0.25) is 0 Å². The summed E-state index contributed by atoms with van der Waals surface area (Å²) >= 11 is 0. The molecule has 3 N–H and O–H groups in total. The molecular weight excluding hydrogens is 391 g/mol. The summed E-state index contributed by atoms with van der Waals surface area (Å²) in [5.74, 6) is 1.68. The maximum absolute atomic E-state index is 5.61. The number of halogens is 1. The Morgan fingerprint density at radius 3 is 2.27 bits per heavy atom. The van der Waals surface area contributed by atoms with Gasteiger partial charge in [-0.2, -0.15) is 0 Å². The largest absolute Gasteiger partial charge is 0.492 e. The summed E-state index contributed by atoms with van der Waals surface area (Å²) in [6, 6.07) is 9.80. The smallest absolute Gasteiger partial charge is 0.191 e. The van der Waals surface area contributed by atoms with Crippen molar-refractivity contribution in [1.29, 1.82) is 0 Å². The molecule has 1 aromatic carbocycles. The highest BCUT2D eigenvalue weighted by Crippen LogP contribution is 2.07. The maximum atomic E-state index is 5.61. The molecule has 22 heavy (non-hydrogen) atoms. The van der Waals surface area contributed by atoms with E-state index >= 15 is 0 Å². The Balaban J connectivity index is 0.00000441. The van der Waals surface area contributed by atoms with Crippen LogP contribution >= 0.6 is 24.0 Å². The van der Waals surface area contributed by atoms with Crippen LogP contribution in [0.1, 0.15) is 20.8 Å². The fraction of sp³-hybridized carbons (Fsp3) is 0.562. The Morgan fingerprint density at radius 2 is 1.68 bits per heavy atom. The lowest BCUT2D eigenvalue weighted by Crippen LogP contribution is -2.45. The summed E-state index contributed by atoms with van der Waals surface area (Å²) in [5.41, 5.74) is 0.141. The fourth-order valence-corrected chi connectivity index (χ4v) is 1.69. The van der Waals surface area contributed by atoms with E-state index in [1.54, 1.807) is 7.05 Å². The molecule has 0 saturated heterocycles. The molecule has 0 aliphatic carbocycles. The van der Waals surface area contributed by atoms with Crippen LogP contribution in [0.25, 0.3) is 0 Å². The first-order chi connectivity index (χ1) is 10.0. The molecule has 0 heterocycles. The van der Waals surface area contributed by atoms with Crippen LogP contribution in [0.4, 0.5) is 0 Å². The van der Waals surface area contributed by atoms with Crippen molar-refractivity contribution in [3.63, 3.8) is 0 Å². The number of rotatable bonds is 7. The van der Waals surface area contributed by atoms with Gasteiger partial charge < -0.3 is 20.7 Å². The standard InChI is InChI=1S/C16H28N4O.HI/c1-16(2,3)20-11-10-18-15(17-4)19-12-13-21-14-8-6-5-7-9-14;/h5-9,20H,10-13H2,1-4H3,(H2,17,18,19);1H. The highest BCUT2D eigenvalue weighted by atomic mass is 127. The van der Waals surface area contributed by atoms with Crippen molar-refractivity contribution >= 4 is 29.9 Å². The van der Waals surface area contributed by atoms with E-state index in [1.807, 2.05) is 30.3 Å². The number of aliphatic imine (C=N–C) groups is 1. The molecule has 0 saturated carbocycles. The van der Waals surface area contributed by atoms with E-state index in [2.05, 4.69) is 41.7 Å². The van der Waals surface area contributed by atoms with Crippen LogP contribution < -0.4 is 20.7 Å². The van der Waals surface area contributed by atoms with Crippen LogP contribution in [0.3, 0.4) is 0 Å². The minimum Gasteiger partial charge on any atom is -0.492 e. The maximum Gasteiger partial charge on any atom is 0.191 e. The van der Waals surface area contributed by atoms with Gasteiger partial charge in [-0.15, -0.1) is 24.0 Å². The van der Waals surface area contributed by atoms with Gasteiger partial charge in [-0.05, 0) is 32.9 Å². The molecule has 0 unspecified atom stereocenters. The molecule has 0 radical (unpaired) electrons. The van der Waals surface area contributed by atoms with E-state index in [0.29, 0.717) is 13.2 Å². The third kappa shape index (κ3) is 10.7. The van der Waals surface area contributed by atoms with Crippen LogP contribution in [0, 0.1) is 0 Å². The topological polar surface area (TPSA) is 57.7 Å². The highest BCUT2D eigenvalue weighted by Gasteiger charge is 2.07. The predicted molar refractivity (Wildman–Crippen MR) is 104 cm³/mol. The second-order valence-corrected chi connectivity index (χ2v) is 5.76. The zero-order valence-corrected chi connectivity index (χ0v) is 16.3. The number of para-hydroxylation sites is 1. The number of hydrogen-bond donors (Lipinski definition) is 3. The molecular formula is C16H29IN4O. The fourth-order valence-electron chi connectivity index (χ4n) is 1.69. The van der Waals surface area contributed by atoms with E-state index in [1.165, 1.54) is 0 Å². The van der Waals surface area contributed by atoms with Crippen molar-refractivity contribution in [3.05, 3.63) is 30.3 Å². The molecule has 0 atom stereocenters. The third-order valence-electron chi connectivity index (χ3n) is 2.70. The van der Waals surface area contributed by atoms with E-state index < -0.39 is 0 Å². The summed E-state index contributed by atoms with van der Waals surface area (Å²) in [6.45, 7) is 9.50. The van der Waals surface area contributed by atoms with Gasteiger partial charge in [0.2, 0.25) is 0 Å². The molecule has 126 valence electrons. The van der Waals surface area contributed by atoms with Crippen LogP contribution in [0.5, 0.6) is 5.75 Å². The number of benzene rings is 1. The summed E-state index contributed by atoms with van der Waals surface area (Å²) in [4.78, 5) is 4.18. The van der Waals surface area contributed by atoms with E-state index in [0.717, 1.165) is 24.8 Å². The normalized spacial score (nSPS) is 11.5. The number of nitrogens with one attached hydrogen (secondary N) is 3. The minimum absolute atomic E-state index is 0. The molecule has 1 rings (SSSR count). The third-order valence-corrected chi connectivity index (χ3v) is 2.70. The molecule has 0 fully saturated rings. The first-order valence-corrected chi connectivity index (χ1v) is 7.38. The summed E-state index contributed by atoms with van der Waals surface area (Å²) in [7, 11) is 1.77. The summed E-state index contributed by atoms with van der Waals surface area (Å²) in [5, 5.41) is 9.91. The quantitative estimate of drug-likeness (QED) is 0.274. The highest BCUT2D eigenvalue weighted by molar-refractivity contribution is 14.0. The SMILES string of the molecule is CN=C(NCCNC(C)(C)C)NCCOc1ccccc1.I. The lowest BCUT2D eigenvalue weighted by Gasteiger charge is -2.21. The molecule has 0 aliphatic rings. The molecule has 6 heteroatoms. The van der Waals surface area contributed by atoms with Gasteiger partial charge >= 0.3 is 0 Å². The van der Waals surface area contributed by atoms with Crippen LogP contribution in [-0.2, 0) is 0 Å². The molecule has 0 spiro atoms. The van der Waals surface area contributed by atoms with Crippen LogP contribution in [-0.4, -0.2) is 44.8 Å². The Bertz CT molecular complexity index is 418. The van der Waals surface area contributed by atoms with Gasteiger partial charge in [-0.25, -0.2) is 0 Å². The van der Waals surface area contributed by atoms with E-state index in [-0.39, 0.29) is 29.5 Å². The average molecular weight is 420 g/mol. The first kappa shape index (κ1) is 21.0. The number of nitrogens with zero attached hydrogens (tertiary/aromatic N) is 1. The Labute approximate surface area is 151 Å². The molecule has 5 nitrogen and oxygen atoms in total. The van der Waals surface area contributed by atoms with Gasteiger partial charge in [0, 0.05) is 25.7 Å². The lowest BCUT2D eigenvalue weighted by molar-refractivity contribution is 0.322. The summed E-state index contributed by atoms with van der Waals surface area (Å²) in [6.07, 6.45) is 0. The van der Waals surface area contributed by atoms with Crippen molar-refractivity contribution in [2.24, 2.45) is 4.99 Å². The monoisotopic (exact) mass is 420 g/mol. The zero-order chi connectivity index (χ0) is 15.6. The molecule has 0 aliphatic heterocycles. The van der Waals surface area contributed by atoms with Gasteiger partial charge in [-0.3, -0.25) is 4.99 Å². The van der Waals surface area contributed by atoms with E-state index in [4.69, 9.17) is 4.74 Å². The summed E-state index contributed by atoms with van der Waals surface area (Å²) < 4.78 is 5.61. The Morgan fingerprint density at radius 1 is 1.05 bits per heavy atom. The minimum atomic E-state index is 0. The molecule has 1 aromatic rings. The first-order valence-electron chi connectivity index (χ1n) is 7.38. The van der Waals surface area contributed by atoms with Crippen LogP contribution in [0.15, 0.2) is 35.3 Å². The Hall–Kier alpha value is -1.02. The van der Waals surface area contributed by atoms with Gasteiger partial charge in [0.15, 0.2) is 5.96 Å². The second kappa shape index (κ2) is 11.5. The number of hydrogen-bond acceptors (Lipinski definition) is 3. The Kier molecular flexibility index (Phi) is 11.0. The van der Waals surface area contributed by atoms with Crippen molar-refractivity contribution in [3.8, 4) is 5.75 Å². The van der Waals surface area contributed by atoms with Crippen molar-refractivity contribution in [1.82, 2.24) is 16.0 Å². The molecule has 0 aromatic heterocycles. The van der Waals surface area contributed by atoms with Gasteiger partial charge in [0.25, 0.3) is 0 Å². The average Bonchev–Trinajstić information content (AvgIpc) is 2.45.